The maximum absolute atomic E-state index is 12.3. The minimum absolute atomic E-state index is 0.0546. The molecule has 1 spiro atoms. The zero-order valence-electron chi connectivity index (χ0n) is 16.9. The van der Waals surface area contributed by atoms with Crippen LogP contribution in [0.5, 0.6) is 0 Å². The highest BCUT2D eigenvalue weighted by molar-refractivity contribution is 9.10. The zero-order chi connectivity index (χ0) is 21.8. The van der Waals surface area contributed by atoms with Gasteiger partial charge in [0.15, 0.2) is 0 Å². The topological polar surface area (TPSA) is 38.7 Å². The molecule has 0 heterocycles. The van der Waals surface area contributed by atoms with E-state index >= 15 is 0 Å². The van der Waals surface area contributed by atoms with Crippen LogP contribution in [0.25, 0.3) is 0 Å². The van der Waals surface area contributed by atoms with Crippen LogP contribution in [-0.2, 0) is 9.05 Å². The molecule has 0 aromatic carbocycles. The van der Waals surface area contributed by atoms with E-state index in [9.17, 15) is 5.11 Å². The summed E-state index contributed by atoms with van der Waals surface area (Å²) in [6, 6.07) is 0. The van der Waals surface area contributed by atoms with E-state index in [4.69, 9.17) is 9.05 Å². The van der Waals surface area contributed by atoms with E-state index in [0.717, 1.165) is 27.2 Å². The predicted molar refractivity (Wildman–Crippen MR) is 165 cm³/mol. The van der Waals surface area contributed by atoms with Crippen molar-refractivity contribution in [2.24, 2.45) is 16.7 Å². The number of hydrogen-bond acceptors (Lipinski definition) is 3. The standard InChI is InChI=1S/C14H34O3P12/c1-8-4-5-9-11(16-24-18)13(15)7-6-10(14(8,13)12(9,2)3)17-26(27(20)21)29(25-19)28(22)23/h4,9-11,15,24-25H,5-7,18-23H2,1-3H3/t9?,10-,11+,13-,14?,26?,29?/m1/s1. The van der Waals surface area contributed by atoms with Crippen LogP contribution >= 0.6 is 98.5 Å². The molecule has 15 atom stereocenters. The molecule has 0 aromatic heterocycles. The van der Waals surface area contributed by atoms with Gasteiger partial charge in [-0.3, -0.25) is 0 Å². The van der Waals surface area contributed by atoms with Gasteiger partial charge in [-0.15, -0.1) is 44.6 Å². The fourth-order valence-corrected chi connectivity index (χ4v) is 73.5. The molecule has 2 saturated carbocycles. The van der Waals surface area contributed by atoms with Gasteiger partial charge in [-0.1, -0.05) is 42.4 Å². The van der Waals surface area contributed by atoms with Crippen molar-refractivity contribution in [1.82, 2.24) is 0 Å². The Morgan fingerprint density at radius 2 is 1.83 bits per heavy atom. The van der Waals surface area contributed by atoms with Gasteiger partial charge in [0.1, 0.15) is 5.60 Å². The highest BCUT2D eigenvalue weighted by atomic mass is 33.1. The molecular weight excluding hydrogens is 588 g/mol. The summed E-state index contributed by atoms with van der Waals surface area (Å²) in [5.41, 5.74) is 0.0807. The van der Waals surface area contributed by atoms with Crippen LogP contribution in [0.15, 0.2) is 11.6 Å². The average Bonchev–Trinajstić information content (AvgIpc) is 2.95. The van der Waals surface area contributed by atoms with Crippen LogP contribution in [0.2, 0.25) is 0 Å². The lowest BCUT2D eigenvalue weighted by molar-refractivity contribution is -0.116. The Hall–Kier alpha value is 4.78. The Morgan fingerprint density at radius 1 is 1.17 bits per heavy atom. The molecule has 2 bridgehead atoms. The van der Waals surface area contributed by atoms with Gasteiger partial charge in [0.25, 0.3) is 0 Å². The van der Waals surface area contributed by atoms with Crippen molar-refractivity contribution in [3.63, 3.8) is 0 Å². The normalized spacial score (nSPS) is 41.1. The number of allylic oxidation sites excluding steroid dienone is 1. The smallest absolute Gasteiger partial charge is 0.104 e. The zero-order valence-corrected chi connectivity index (χ0v) is 29.5. The molecule has 0 saturated heterocycles. The van der Waals surface area contributed by atoms with Crippen molar-refractivity contribution >= 4 is 98.5 Å². The third-order valence-electron chi connectivity index (χ3n) is 7.14. The van der Waals surface area contributed by atoms with Crippen molar-refractivity contribution in [2.45, 2.75) is 57.8 Å². The molecule has 168 valence electrons. The van der Waals surface area contributed by atoms with E-state index in [2.05, 4.69) is 80.4 Å². The Balaban J connectivity index is 2.06. The first-order valence-electron chi connectivity index (χ1n) is 9.33. The Morgan fingerprint density at radius 3 is 2.34 bits per heavy atom. The van der Waals surface area contributed by atoms with E-state index in [1.807, 2.05) is 0 Å². The Bertz CT molecular complexity index is 647. The van der Waals surface area contributed by atoms with Crippen molar-refractivity contribution in [1.29, 1.82) is 0 Å². The van der Waals surface area contributed by atoms with Gasteiger partial charge in [0, 0.05) is 15.5 Å². The van der Waals surface area contributed by atoms with Gasteiger partial charge in [-0.2, -0.15) is 0 Å². The minimum Gasteiger partial charge on any atom is -0.386 e. The summed E-state index contributed by atoms with van der Waals surface area (Å²) in [6.45, 7) is 6.29. The molecule has 29 heavy (non-hydrogen) atoms. The highest BCUT2D eigenvalue weighted by Crippen LogP contribution is 3.09. The molecule has 0 amide bonds. The number of rotatable bonds is 8. The second kappa shape index (κ2) is 11.0. The number of hydrogen-bond donors (Lipinski definition) is 1. The molecule has 2 fully saturated rings. The van der Waals surface area contributed by atoms with Gasteiger partial charge in [0.2, 0.25) is 0 Å². The second-order valence-electron chi connectivity index (χ2n) is 8.40. The first-order valence-corrected chi connectivity index (χ1v) is 29.6. The van der Waals surface area contributed by atoms with Crippen molar-refractivity contribution in [3.8, 4) is 0 Å². The Kier molecular flexibility index (Phi) is 10.8. The van der Waals surface area contributed by atoms with Crippen LogP contribution in [0, 0.1) is 16.7 Å². The summed E-state index contributed by atoms with van der Waals surface area (Å²) in [6.07, 6.45) is 5.02. The molecule has 1 N–H and O–H groups in total. The molecule has 15 heteroatoms. The van der Waals surface area contributed by atoms with Crippen molar-refractivity contribution < 1.29 is 14.2 Å². The van der Waals surface area contributed by atoms with Crippen LogP contribution in [0.3, 0.4) is 0 Å². The molecule has 3 nitrogen and oxygen atoms in total. The average molecular weight is 622 g/mol. The monoisotopic (exact) mass is 622 g/mol. The van der Waals surface area contributed by atoms with Gasteiger partial charge < -0.3 is 14.2 Å². The fourth-order valence-electron chi connectivity index (χ4n) is 6.27. The summed E-state index contributed by atoms with van der Waals surface area (Å²) in [7, 11) is 18.5. The predicted octanol–water partition coefficient (Wildman–Crippen LogP) is 8.79. The van der Waals surface area contributed by atoms with Crippen molar-refractivity contribution in [2.75, 3.05) is 0 Å². The first kappa shape index (κ1) is 28.4. The molecule has 3 aliphatic carbocycles. The number of fused-ring (bicyclic) bond motifs is 1. The lowest BCUT2D eigenvalue weighted by Gasteiger charge is -2.53. The van der Waals surface area contributed by atoms with Gasteiger partial charge in [-0.05, 0) is 51.5 Å². The maximum Gasteiger partial charge on any atom is 0.104 e. The summed E-state index contributed by atoms with van der Waals surface area (Å²) in [5.74, 6) is 0.334. The van der Waals surface area contributed by atoms with E-state index < -0.39 is 13.1 Å². The van der Waals surface area contributed by atoms with Gasteiger partial charge in [0.05, 0.1) is 25.1 Å². The van der Waals surface area contributed by atoms with Crippen LogP contribution in [-0.4, -0.2) is 22.9 Å². The van der Waals surface area contributed by atoms with E-state index in [-0.39, 0.29) is 44.0 Å². The van der Waals surface area contributed by atoms with Gasteiger partial charge >= 0.3 is 0 Å². The maximum atomic E-state index is 12.3. The summed E-state index contributed by atoms with van der Waals surface area (Å²) < 4.78 is 13.5. The summed E-state index contributed by atoms with van der Waals surface area (Å²) in [5, 5.41) is 12.3. The highest BCUT2D eigenvalue weighted by Gasteiger charge is 2.79. The molecule has 3 aliphatic rings. The summed E-state index contributed by atoms with van der Waals surface area (Å²) in [4.78, 5) is 0. The summed E-state index contributed by atoms with van der Waals surface area (Å²) >= 11 is 0. The lowest BCUT2D eigenvalue weighted by Crippen LogP contribution is -2.56. The molecule has 3 rings (SSSR count). The minimum atomic E-state index is -0.837. The van der Waals surface area contributed by atoms with Crippen LogP contribution in [0.4, 0.5) is 0 Å². The quantitative estimate of drug-likeness (QED) is 0.217. The van der Waals surface area contributed by atoms with Crippen molar-refractivity contribution in [3.05, 3.63) is 11.6 Å². The largest absolute Gasteiger partial charge is 0.386 e. The molecular formula is C14H34O3P12. The lowest BCUT2D eigenvalue weighted by atomic mass is 9.54. The molecule has 0 aliphatic heterocycles. The van der Waals surface area contributed by atoms with Crippen LogP contribution in [0.1, 0.15) is 40.0 Å². The third-order valence-corrected chi connectivity index (χ3v) is 55.2. The van der Waals surface area contributed by atoms with Crippen LogP contribution < -0.4 is 0 Å². The molecule has 0 aromatic rings. The Labute approximate surface area is 198 Å². The molecule has 12 unspecified atom stereocenters. The van der Waals surface area contributed by atoms with E-state index in [1.165, 1.54) is 5.57 Å². The SMILES string of the molecule is CC1=CCC2[C@H](OPP)[C@]3(O)CC[C@@H](OP(P(P)P)P(PP)P(P)P)C13C2(C)C. The first-order chi connectivity index (χ1) is 13.5. The fraction of sp³-hybridized carbons (Fsp3) is 0.857. The van der Waals surface area contributed by atoms with Gasteiger partial charge in [-0.25, -0.2) is 0 Å². The molecule has 0 radical (unpaired) electrons. The van der Waals surface area contributed by atoms with E-state index in [1.54, 1.807) is 0 Å². The number of aliphatic hydroxyl groups is 1. The second-order valence-corrected chi connectivity index (χ2v) is 44.1. The van der Waals surface area contributed by atoms with E-state index in [0.29, 0.717) is 14.4 Å². The third kappa shape index (κ3) is 4.53.